The maximum absolute atomic E-state index is 5.45. The largest absolute Gasteiger partial charge is 0.339 e. The first-order valence-corrected chi connectivity index (χ1v) is 7.35. The first-order valence-electron chi connectivity index (χ1n) is 6.56. The summed E-state index contributed by atoms with van der Waals surface area (Å²) in [5.41, 5.74) is 0.972. The van der Waals surface area contributed by atoms with Crippen molar-refractivity contribution in [1.29, 1.82) is 0 Å². The van der Waals surface area contributed by atoms with Crippen molar-refractivity contribution in [3.05, 3.63) is 34.6 Å². The van der Waals surface area contributed by atoms with Gasteiger partial charge in [-0.25, -0.2) is 0 Å². The van der Waals surface area contributed by atoms with Crippen molar-refractivity contribution in [2.45, 2.75) is 31.7 Å². The third-order valence-electron chi connectivity index (χ3n) is 3.53. The smallest absolute Gasteiger partial charge is 0.230 e. The summed E-state index contributed by atoms with van der Waals surface area (Å²) >= 11 is 3.52. The summed E-state index contributed by atoms with van der Waals surface area (Å²) in [6, 6.07) is 8.44. The molecule has 1 fully saturated rings. The average Bonchev–Trinajstić information content (AvgIpc) is 2.89. The van der Waals surface area contributed by atoms with Gasteiger partial charge < -0.3 is 9.84 Å². The molecule has 0 saturated carbocycles. The Balaban J connectivity index is 1.85. The third-order valence-corrected chi connectivity index (χ3v) is 4.22. The van der Waals surface area contributed by atoms with Gasteiger partial charge in [0.25, 0.3) is 0 Å². The van der Waals surface area contributed by atoms with Gasteiger partial charge in [-0.05, 0) is 38.4 Å². The molecule has 1 aliphatic rings. The summed E-state index contributed by atoms with van der Waals surface area (Å²) < 4.78 is 6.44. The normalized spacial score (nSPS) is 23.5. The molecule has 4 nitrogen and oxygen atoms in total. The predicted octanol–water partition coefficient (Wildman–Crippen LogP) is 3.35. The molecular formula is C14H16BrN3O. The maximum Gasteiger partial charge on any atom is 0.230 e. The minimum atomic E-state index is 0.375. The van der Waals surface area contributed by atoms with E-state index in [2.05, 4.69) is 38.3 Å². The molecule has 2 aromatic rings. The Kier molecular flexibility index (Phi) is 3.66. The molecule has 5 heteroatoms. The number of hydrogen-bond donors (Lipinski definition) is 1. The monoisotopic (exact) mass is 321 g/mol. The van der Waals surface area contributed by atoms with E-state index >= 15 is 0 Å². The molecule has 2 unspecified atom stereocenters. The summed E-state index contributed by atoms with van der Waals surface area (Å²) in [4.78, 5) is 4.56. The Morgan fingerprint density at radius 1 is 1.37 bits per heavy atom. The van der Waals surface area contributed by atoms with E-state index in [1.54, 1.807) is 0 Å². The van der Waals surface area contributed by atoms with Crippen LogP contribution < -0.4 is 5.32 Å². The zero-order chi connectivity index (χ0) is 13.2. The number of aromatic nitrogens is 2. The minimum Gasteiger partial charge on any atom is -0.339 e. The Labute approximate surface area is 120 Å². The molecule has 0 radical (unpaired) electrons. The second kappa shape index (κ2) is 5.43. The standard InChI is InChI=1S/C14H16BrN3O/c1-9-8-10(6-7-16-9)14-17-13(18-19-14)11-4-2-3-5-12(11)15/h2-5,9-10,16H,6-8H2,1H3. The molecule has 100 valence electrons. The van der Waals surface area contributed by atoms with Crippen molar-refractivity contribution in [1.82, 2.24) is 15.5 Å². The molecule has 0 bridgehead atoms. The number of hydrogen-bond acceptors (Lipinski definition) is 4. The van der Waals surface area contributed by atoms with Crippen molar-refractivity contribution >= 4 is 15.9 Å². The van der Waals surface area contributed by atoms with Gasteiger partial charge in [-0.1, -0.05) is 33.2 Å². The van der Waals surface area contributed by atoms with E-state index in [0.717, 1.165) is 35.3 Å². The van der Waals surface area contributed by atoms with Crippen LogP contribution in [0.2, 0.25) is 0 Å². The Bertz CT molecular complexity index is 569. The van der Waals surface area contributed by atoms with Gasteiger partial charge in [-0.2, -0.15) is 4.98 Å². The van der Waals surface area contributed by atoms with Gasteiger partial charge >= 0.3 is 0 Å². The number of halogens is 1. The lowest BCUT2D eigenvalue weighted by Crippen LogP contribution is -2.34. The highest BCUT2D eigenvalue weighted by Gasteiger charge is 2.25. The summed E-state index contributed by atoms with van der Waals surface area (Å²) in [5.74, 6) is 1.80. The van der Waals surface area contributed by atoms with Crippen molar-refractivity contribution in [3.63, 3.8) is 0 Å². The lowest BCUT2D eigenvalue weighted by atomic mass is 9.93. The molecule has 3 rings (SSSR count). The van der Waals surface area contributed by atoms with Crippen molar-refractivity contribution in [2.75, 3.05) is 6.54 Å². The van der Waals surface area contributed by atoms with Crippen molar-refractivity contribution < 1.29 is 4.52 Å². The van der Waals surface area contributed by atoms with Crippen LogP contribution in [0, 0.1) is 0 Å². The Morgan fingerprint density at radius 3 is 3.00 bits per heavy atom. The molecule has 0 amide bonds. The van der Waals surface area contributed by atoms with Crippen molar-refractivity contribution in [2.24, 2.45) is 0 Å². The van der Waals surface area contributed by atoms with Gasteiger partial charge in [-0.15, -0.1) is 0 Å². The topological polar surface area (TPSA) is 51.0 Å². The summed E-state index contributed by atoms with van der Waals surface area (Å²) in [7, 11) is 0. The van der Waals surface area contributed by atoms with Crippen LogP contribution in [0.1, 0.15) is 31.6 Å². The number of benzene rings is 1. The summed E-state index contributed by atoms with van der Waals surface area (Å²) in [6.45, 7) is 3.20. The van der Waals surface area contributed by atoms with Crippen molar-refractivity contribution in [3.8, 4) is 11.4 Å². The van der Waals surface area contributed by atoms with Crippen LogP contribution in [-0.4, -0.2) is 22.7 Å². The summed E-state index contributed by atoms with van der Waals surface area (Å²) in [5, 5.41) is 7.54. The zero-order valence-electron chi connectivity index (χ0n) is 10.8. The quantitative estimate of drug-likeness (QED) is 0.921. The number of nitrogens with one attached hydrogen (secondary N) is 1. The molecule has 19 heavy (non-hydrogen) atoms. The zero-order valence-corrected chi connectivity index (χ0v) is 12.4. The molecule has 1 saturated heterocycles. The van der Waals surface area contributed by atoms with E-state index in [1.165, 1.54) is 0 Å². The molecule has 0 spiro atoms. The second-order valence-corrected chi connectivity index (χ2v) is 5.87. The van der Waals surface area contributed by atoms with Crippen LogP contribution >= 0.6 is 15.9 Å². The third kappa shape index (κ3) is 2.72. The molecule has 0 aliphatic carbocycles. The van der Waals surface area contributed by atoms with E-state index in [1.807, 2.05) is 24.3 Å². The highest BCUT2D eigenvalue weighted by molar-refractivity contribution is 9.10. The van der Waals surface area contributed by atoms with Crippen LogP contribution in [0.3, 0.4) is 0 Å². The average molecular weight is 322 g/mol. The van der Waals surface area contributed by atoms with Crippen LogP contribution in [0.4, 0.5) is 0 Å². The van der Waals surface area contributed by atoms with E-state index in [4.69, 9.17) is 4.52 Å². The van der Waals surface area contributed by atoms with Gasteiger partial charge in [0, 0.05) is 22.0 Å². The number of rotatable bonds is 2. The van der Waals surface area contributed by atoms with Crippen LogP contribution in [0.15, 0.2) is 33.3 Å². The predicted molar refractivity (Wildman–Crippen MR) is 76.9 cm³/mol. The Morgan fingerprint density at radius 2 is 2.21 bits per heavy atom. The first kappa shape index (κ1) is 12.8. The molecule has 1 aromatic heterocycles. The van der Waals surface area contributed by atoms with Crippen LogP contribution in [0.25, 0.3) is 11.4 Å². The SMILES string of the molecule is CC1CC(c2nc(-c3ccccc3Br)no2)CCN1. The van der Waals surface area contributed by atoms with Crippen LogP contribution in [-0.2, 0) is 0 Å². The molecule has 2 heterocycles. The molecule has 2 atom stereocenters. The van der Waals surface area contributed by atoms with E-state index in [9.17, 15) is 0 Å². The lowest BCUT2D eigenvalue weighted by Gasteiger charge is -2.25. The van der Waals surface area contributed by atoms with Gasteiger partial charge in [0.1, 0.15) is 0 Å². The van der Waals surface area contributed by atoms with Gasteiger partial charge in [0.15, 0.2) is 0 Å². The maximum atomic E-state index is 5.45. The molecule has 1 aliphatic heterocycles. The van der Waals surface area contributed by atoms with E-state index < -0.39 is 0 Å². The highest BCUT2D eigenvalue weighted by atomic mass is 79.9. The summed E-state index contributed by atoms with van der Waals surface area (Å²) in [6.07, 6.45) is 2.11. The fraction of sp³-hybridized carbons (Fsp3) is 0.429. The minimum absolute atomic E-state index is 0.375. The van der Waals surface area contributed by atoms with Gasteiger partial charge in [0.2, 0.25) is 11.7 Å². The first-order chi connectivity index (χ1) is 9.24. The van der Waals surface area contributed by atoms with Crippen LogP contribution in [0.5, 0.6) is 0 Å². The van der Waals surface area contributed by atoms with Gasteiger partial charge in [0.05, 0.1) is 0 Å². The highest BCUT2D eigenvalue weighted by Crippen LogP contribution is 2.30. The fourth-order valence-corrected chi connectivity index (χ4v) is 2.97. The van der Waals surface area contributed by atoms with Gasteiger partial charge in [-0.3, -0.25) is 0 Å². The Hall–Kier alpha value is -1.20. The molecular weight excluding hydrogens is 306 g/mol. The second-order valence-electron chi connectivity index (χ2n) is 5.01. The van der Waals surface area contributed by atoms with E-state index in [0.29, 0.717) is 17.8 Å². The molecule has 1 N–H and O–H groups in total. The number of piperidine rings is 1. The van der Waals surface area contributed by atoms with E-state index in [-0.39, 0.29) is 0 Å². The molecule has 1 aromatic carbocycles. The number of nitrogens with zero attached hydrogens (tertiary/aromatic N) is 2. The lowest BCUT2D eigenvalue weighted by molar-refractivity contribution is 0.295. The fourth-order valence-electron chi connectivity index (χ4n) is 2.51.